The first-order valence-electron chi connectivity index (χ1n) is 9.13. The second kappa shape index (κ2) is 7.65. The molecule has 2 aliphatic heterocycles. The van der Waals surface area contributed by atoms with Gasteiger partial charge >= 0.3 is 0 Å². The van der Waals surface area contributed by atoms with E-state index in [1.54, 1.807) is 0 Å². The van der Waals surface area contributed by atoms with Crippen LogP contribution in [0.3, 0.4) is 0 Å². The highest BCUT2D eigenvalue weighted by atomic mass is 32.2. The quantitative estimate of drug-likeness (QED) is 0.838. The Bertz CT molecular complexity index is 580. The third-order valence-electron chi connectivity index (χ3n) is 5.49. The van der Waals surface area contributed by atoms with Gasteiger partial charge in [0.25, 0.3) is 0 Å². The number of rotatable bonds is 3. The fourth-order valence-electron chi connectivity index (χ4n) is 4.13. The molecule has 2 aliphatic rings. The van der Waals surface area contributed by atoms with Crippen LogP contribution in [0.5, 0.6) is 0 Å². The average Bonchev–Trinajstić information content (AvgIpc) is 2.54. The van der Waals surface area contributed by atoms with Crippen LogP contribution in [0, 0.1) is 20.8 Å². The van der Waals surface area contributed by atoms with Gasteiger partial charge in [-0.05, 0) is 51.8 Å². The molecular weight excluding hydrogens is 318 g/mol. The molecule has 0 saturated carbocycles. The lowest BCUT2D eigenvalue weighted by atomic mass is 10.0. The fourth-order valence-corrected chi connectivity index (χ4v) is 5.60. The first-order chi connectivity index (χ1) is 11.5. The van der Waals surface area contributed by atoms with Crippen molar-refractivity contribution in [3.05, 3.63) is 28.8 Å². The minimum absolute atomic E-state index is 0.673. The van der Waals surface area contributed by atoms with E-state index in [-0.39, 0.29) is 0 Å². The summed E-state index contributed by atoms with van der Waals surface area (Å²) in [4.78, 5) is 6.07. The second-order valence-electron chi connectivity index (χ2n) is 7.48. The lowest BCUT2D eigenvalue weighted by Crippen LogP contribution is -2.52. The lowest BCUT2D eigenvalue weighted by Gasteiger charge is -2.41. The molecule has 24 heavy (non-hydrogen) atoms. The maximum Gasteiger partial charge on any atom is 0.128 e. The summed E-state index contributed by atoms with van der Waals surface area (Å²) in [6.45, 7) is 12.9. The minimum Gasteiger partial charge on any atom is -0.304 e. The zero-order valence-corrected chi connectivity index (χ0v) is 16.4. The predicted molar refractivity (Wildman–Crippen MR) is 101 cm³/mol. The molecule has 0 bridgehead atoms. The summed E-state index contributed by atoms with van der Waals surface area (Å²) in [5, 5.41) is 0. The Labute approximate surface area is 149 Å². The molecule has 1 unspecified atom stereocenters. The van der Waals surface area contributed by atoms with Gasteiger partial charge in [0.15, 0.2) is 0 Å². The lowest BCUT2D eigenvalue weighted by molar-refractivity contribution is 0.0844. The van der Waals surface area contributed by atoms with Gasteiger partial charge in [-0.1, -0.05) is 17.7 Å². The van der Waals surface area contributed by atoms with Crippen LogP contribution in [0.2, 0.25) is 0 Å². The van der Waals surface area contributed by atoms with Crippen molar-refractivity contribution in [1.29, 1.82) is 0 Å². The van der Waals surface area contributed by atoms with Crippen LogP contribution in [-0.2, 0) is 11.0 Å². The van der Waals surface area contributed by atoms with E-state index >= 15 is 0 Å². The minimum atomic E-state index is -1.02. The van der Waals surface area contributed by atoms with Crippen molar-refractivity contribution in [2.45, 2.75) is 44.6 Å². The normalized spacial score (nSPS) is 23.5. The van der Waals surface area contributed by atoms with Gasteiger partial charge in [0.2, 0.25) is 0 Å². The summed E-state index contributed by atoms with van der Waals surface area (Å²) in [6, 6.07) is 4.97. The Balaban J connectivity index is 1.61. The van der Waals surface area contributed by atoms with E-state index in [4.69, 9.17) is 0 Å². The van der Waals surface area contributed by atoms with Crippen molar-refractivity contribution in [1.82, 2.24) is 14.1 Å². The molecule has 134 valence electrons. The molecule has 0 radical (unpaired) electrons. The number of nitrogens with zero attached hydrogens (tertiary/aromatic N) is 3. The molecule has 4 nitrogen and oxygen atoms in total. The van der Waals surface area contributed by atoms with Crippen molar-refractivity contribution < 1.29 is 4.21 Å². The Morgan fingerprint density at radius 3 is 2.00 bits per heavy atom. The number of piperidine rings is 1. The predicted octanol–water partition coefficient (Wildman–Crippen LogP) is 2.35. The van der Waals surface area contributed by atoms with Gasteiger partial charge in [-0.15, -0.1) is 0 Å². The van der Waals surface area contributed by atoms with E-state index in [2.05, 4.69) is 54.1 Å². The second-order valence-corrected chi connectivity index (χ2v) is 8.90. The third-order valence-corrected chi connectivity index (χ3v) is 7.32. The Morgan fingerprint density at radius 1 is 0.917 bits per heavy atom. The van der Waals surface area contributed by atoms with Crippen molar-refractivity contribution in [3.63, 3.8) is 0 Å². The number of hydrogen-bond acceptors (Lipinski definition) is 3. The molecule has 0 spiro atoms. The van der Waals surface area contributed by atoms with E-state index in [0.29, 0.717) is 6.04 Å². The van der Waals surface area contributed by atoms with Crippen molar-refractivity contribution >= 4 is 11.0 Å². The standard InChI is InChI=1S/C19H31N3OS/c1-15-13-16(2)19(17(3)14-15)24(23)22-7-5-18(6-8-22)21-11-9-20(4)10-12-21/h13-14,18H,5-12H2,1-4H3. The van der Waals surface area contributed by atoms with Gasteiger partial charge in [-0.25, -0.2) is 8.51 Å². The SMILES string of the molecule is Cc1cc(C)c(S(=O)N2CCC(N3CCN(C)CC3)CC2)c(C)c1. The number of likely N-dealkylation sites (N-methyl/N-ethyl adjacent to an activating group) is 1. The molecule has 2 saturated heterocycles. The summed E-state index contributed by atoms with van der Waals surface area (Å²) in [6.07, 6.45) is 2.28. The molecule has 5 heteroatoms. The molecule has 0 aliphatic carbocycles. The third kappa shape index (κ3) is 3.90. The van der Waals surface area contributed by atoms with Crippen molar-refractivity contribution in [2.75, 3.05) is 46.3 Å². The molecular formula is C19H31N3OS. The van der Waals surface area contributed by atoms with Gasteiger partial charge in [0, 0.05) is 45.3 Å². The fraction of sp³-hybridized carbons (Fsp3) is 0.684. The van der Waals surface area contributed by atoms with Crippen LogP contribution >= 0.6 is 0 Å². The van der Waals surface area contributed by atoms with Gasteiger partial charge in [-0.2, -0.15) is 0 Å². The summed E-state index contributed by atoms with van der Waals surface area (Å²) in [5.41, 5.74) is 3.57. The smallest absolute Gasteiger partial charge is 0.128 e. The van der Waals surface area contributed by atoms with Crippen LogP contribution in [0.25, 0.3) is 0 Å². The number of benzene rings is 1. The molecule has 3 rings (SSSR count). The molecule has 2 heterocycles. The zero-order chi connectivity index (χ0) is 17.3. The van der Waals surface area contributed by atoms with Gasteiger partial charge in [0.1, 0.15) is 11.0 Å². The Hall–Kier alpha value is -0.750. The van der Waals surface area contributed by atoms with Gasteiger partial charge in [0.05, 0.1) is 4.90 Å². The van der Waals surface area contributed by atoms with Crippen LogP contribution in [0.4, 0.5) is 0 Å². The van der Waals surface area contributed by atoms with Crippen LogP contribution in [0.1, 0.15) is 29.5 Å². The maximum absolute atomic E-state index is 13.1. The first kappa shape index (κ1) is 18.1. The maximum atomic E-state index is 13.1. The highest BCUT2D eigenvalue weighted by molar-refractivity contribution is 7.82. The van der Waals surface area contributed by atoms with E-state index in [1.807, 2.05) is 0 Å². The van der Waals surface area contributed by atoms with Gasteiger partial charge < -0.3 is 4.90 Å². The largest absolute Gasteiger partial charge is 0.304 e. The average molecular weight is 350 g/mol. The van der Waals surface area contributed by atoms with E-state index in [9.17, 15) is 4.21 Å². The summed E-state index contributed by atoms with van der Waals surface area (Å²) < 4.78 is 15.3. The molecule has 1 aromatic rings. The monoisotopic (exact) mass is 349 g/mol. The first-order valence-corrected chi connectivity index (χ1v) is 10.2. The van der Waals surface area contributed by atoms with Crippen LogP contribution < -0.4 is 0 Å². The molecule has 0 amide bonds. The molecule has 1 aromatic carbocycles. The van der Waals surface area contributed by atoms with E-state index in [1.165, 1.54) is 31.7 Å². The van der Waals surface area contributed by atoms with Crippen LogP contribution in [0.15, 0.2) is 17.0 Å². The van der Waals surface area contributed by atoms with E-state index in [0.717, 1.165) is 42.0 Å². The molecule has 0 aromatic heterocycles. The number of aryl methyl sites for hydroxylation is 3. The Morgan fingerprint density at radius 2 is 1.46 bits per heavy atom. The molecule has 1 atom stereocenters. The number of piperazine rings is 1. The van der Waals surface area contributed by atoms with Crippen LogP contribution in [-0.4, -0.2) is 70.7 Å². The summed E-state index contributed by atoms with van der Waals surface area (Å²) >= 11 is 0. The molecule has 0 N–H and O–H groups in total. The Kier molecular flexibility index (Phi) is 5.75. The van der Waals surface area contributed by atoms with Gasteiger partial charge in [-0.3, -0.25) is 4.90 Å². The summed E-state index contributed by atoms with van der Waals surface area (Å²) in [7, 11) is 1.18. The highest BCUT2D eigenvalue weighted by Gasteiger charge is 2.29. The van der Waals surface area contributed by atoms with Crippen molar-refractivity contribution in [2.24, 2.45) is 0 Å². The highest BCUT2D eigenvalue weighted by Crippen LogP contribution is 2.26. The molecule has 2 fully saturated rings. The van der Waals surface area contributed by atoms with E-state index < -0.39 is 11.0 Å². The summed E-state index contributed by atoms with van der Waals surface area (Å²) in [5.74, 6) is 0. The number of hydrogen-bond donors (Lipinski definition) is 0. The topological polar surface area (TPSA) is 26.8 Å². The van der Waals surface area contributed by atoms with Crippen molar-refractivity contribution in [3.8, 4) is 0 Å². The zero-order valence-electron chi connectivity index (χ0n) is 15.5.